The van der Waals surface area contributed by atoms with Crippen LogP contribution >= 0.6 is 0 Å². The molecular formula is C7H11AuF3O2-2. The van der Waals surface area contributed by atoms with Gasteiger partial charge in [-0.1, -0.05) is 0 Å². The summed E-state index contributed by atoms with van der Waals surface area (Å²) in [6.07, 6.45) is -4.76. The number of ketones is 1. The van der Waals surface area contributed by atoms with Crippen LogP contribution in [-0.4, -0.2) is 17.1 Å². The summed E-state index contributed by atoms with van der Waals surface area (Å²) in [4.78, 5) is 9.91. The van der Waals surface area contributed by atoms with E-state index in [9.17, 15) is 18.0 Å². The van der Waals surface area contributed by atoms with Crippen LogP contribution in [0.5, 0.6) is 0 Å². The summed E-state index contributed by atoms with van der Waals surface area (Å²) in [7, 11) is 0. The molecule has 85 valence electrons. The first-order valence-electron chi connectivity index (χ1n) is 2.32. The van der Waals surface area contributed by atoms with Gasteiger partial charge in [0.1, 0.15) is 0 Å². The van der Waals surface area contributed by atoms with E-state index in [4.69, 9.17) is 5.11 Å². The third-order valence-electron chi connectivity index (χ3n) is 0.619. The van der Waals surface area contributed by atoms with Crippen molar-refractivity contribution in [1.82, 2.24) is 0 Å². The second-order valence-electron chi connectivity index (χ2n) is 1.65. The molecule has 0 saturated carbocycles. The van der Waals surface area contributed by atoms with Gasteiger partial charge in [0.15, 0.2) is 0 Å². The summed E-state index contributed by atoms with van der Waals surface area (Å²) in [5, 5.41) is 8.23. The molecule has 0 aromatic rings. The van der Waals surface area contributed by atoms with Gasteiger partial charge in [-0.05, 0) is 6.92 Å². The molecule has 0 heterocycles. The molecule has 0 aliphatic heterocycles. The number of carbonyl (C=O) groups is 1. The summed E-state index contributed by atoms with van der Waals surface area (Å²) in [6, 6.07) is 0. The third-order valence-corrected chi connectivity index (χ3v) is 0.619. The standard InChI is InChI=1S/C5H5F3O2.2CH3.Au/c1-3(9)2-4(10)5(6,7)8;;;/h2,9H,1H3;2*1H3;/q;2*-1;/b3-2-;;;. The number of allylic oxidation sites excluding steroid dienone is 2. The van der Waals surface area contributed by atoms with Crippen LogP contribution in [-0.2, 0) is 27.2 Å². The Morgan fingerprint density at radius 3 is 1.69 bits per heavy atom. The van der Waals surface area contributed by atoms with Gasteiger partial charge in [0, 0.05) is 28.5 Å². The van der Waals surface area contributed by atoms with Crippen molar-refractivity contribution in [2.45, 2.75) is 13.1 Å². The maximum absolute atomic E-state index is 11.3. The number of halogens is 3. The van der Waals surface area contributed by atoms with Crippen LogP contribution in [0, 0.1) is 14.9 Å². The van der Waals surface area contributed by atoms with Crippen LogP contribution in [0.15, 0.2) is 11.8 Å². The van der Waals surface area contributed by atoms with E-state index in [1.807, 2.05) is 0 Å². The molecule has 0 aromatic heterocycles. The summed E-state index contributed by atoms with van der Waals surface area (Å²) in [5.41, 5.74) is 0. The zero-order valence-electron chi connectivity index (χ0n) is 7.37. The maximum Gasteiger partial charge on any atom is 0.454 e. The Bertz CT molecular complexity index is 171. The predicted molar refractivity (Wildman–Crippen MR) is 40.3 cm³/mol. The van der Waals surface area contributed by atoms with Gasteiger partial charge in [-0.2, -0.15) is 13.2 Å². The van der Waals surface area contributed by atoms with Crippen LogP contribution in [0.25, 0.3) is 0 Å². The number of aliphatic hydroxyl groups excluding tert-OH is 1. The van der Waals surface area contributed by atoms with E-state index >= 15 is 0 Å². The van der Waals surface area contributed by atoms with Crippen LogP contribution in [0.1, 0.15) is 6.92 Å². The fourth-order valence-electron chi connectivity index (χ4n) is 0.272. The van der Waals surface area contributed by atoms with Crippen molar-refractivity contribution in [3.05, 3.63) is 26.7 Å². The van der Waals surface area contributed by atoms with Crippen molar-refractivity contribution in [3.8, 4) is 0 Å². The van der Waals surface area contributed by atoms with E-state index < -0.39 is 17.7 Å². The quantitative estimate of drug-likeness (QED) is 0.328. The SMILES string of the molecule is C/C(O)=C/C(=O)C(F)(F)F.[Au].[CH3-].[CH3-]. The molecule has 0 amide bonds. The van der Waals surface area contributed by atoms with Crippen molar-refractivity contribution >= 4 is 5.78 Å². The molecule has 2 nitrogen and oxygen atoms in total. The molecule has 0 rings (SSSR count). The van der Waals surface area contributed by atoms with Crippen molar-refractivity contribution in [2.24, 2.45) is 0 Å². The van der Waals surface area contributed by atoms with Gasteiger partial charge in [-0.25, -0.2) is 0 Å². The first kappa shape index (κ1) is 23.0. The van der Waals surface area contributed by atoms with Gasteiger partial charge < -0.3 is 20.0 Å². The monoisotopic (exact) mass is 381 g/mol. The van der Waals surface area contributed by atoms with Gasteiger partial charge in [0.2, 0.25) is 0 Å². The summed E-state index contributed by atoms with van der Waals surface area (Å²) in [6.45, 7) is 0.990. The zero-order valence-corrected chi connectivity index (χ0v) is 9.53. The van der Waals surface area contributed by atoms with E-state index in [0.29, 0.717) is 0 Å². The Morgan fingerprint density at radius 2 is 1.62 bits per heavy atom. The third kappa shape index (κ3) is 11.7. The topological polar surface area (TPSA) is 37.3 Å². The number of alkyl halides is 3. The van der Waals surface area contributed by atoms with Crippen molar-refractivity contribution in [2.75, 3.05) is 0 Å². The first-order chi connectivity index (χ1) is 4.34. The Hall–Kier alpha value is -0.260. The zero-order chi connectivity index (χ0) is 8.36. The minimum absolute atomic E-state index is 0. The van der Waals surface area contributed by atoms with E-state index in [2.05, 4.69) is 0 Å². The molecule has 0 bridgehead atoms. The molecule has 0 aromatic carbocycles. The van der Waals surface area contributed by atoms with Gasteiger partial charge in [0.25, 0.3) is 5.78 Å². The molecule has 0 aliphatic rings. The van der Waals surface area contributed by atoms with E-state index in [1.54, 1.807) is 0 Å². The predicted octanol–water partition coefficient (Wildman–Crippen LogP) is 2.48. The van der Waals surface area contributed by atoms with E-state index in [-0.39, 0.29) is 43.3 Å². The Labute approximate surface area is 91.3 Å². The van der Waals surface area contributed by atoms with Crippen LogP contribution < -0.4 is 0 Å². The molecule has 1 N–H and O–H groups in total. The molecule has 0 unspecified atom stereocenters. The van der Waals surface area contributed by atoms with Crippen LogP contribution in [0.2, 0.25) is 0 Å². The number of hydrogen-bond acceptors (Lipinski definition) is 2. The van der Waals surface area contributed by atoms with Crippen molar-refractivity contribution < 1.29 is 45.5 Å². The smallest absolute Gasteiger partial charge is 0.454 e. The first-order valence-corrected chi connectivity index (χ1v) is 2.32. The minimum Gasteiger partial charge on any atom is -0.512 e. The molecular weight excluding hydrogens is 370 g/mol. The largest absolute Gasteiger partial charge is 0.512 e. The van der Waals surface area contributed by atoms with E-state index in [0.717, 1.165) is 6.92 Å². The number of carbonyl (C=O) groups excluding carboxylic acids is 1. The number of hydrogen-bond donors (Lipinski definition) is 1. The number of aliphatic hydroxyl groups is 1. The summed E-state index contributed by atoms with van der Waals surface area (Å²) >= 11 is 0. The van der Waals surface area contributed by atoms with Crippen LogP contribution in [0.3, 0.4) is 0 Å². The molecule has 1 radical (unpaired) electrons. The Balaban J connectivity index is -0.000000135. The summed E-state index contributed by atoms with van der Waals surface area (Å²) < 4.78 is 33.9. The van der Waals surface area contributed by atoms with Crippen LogP contribution in [0.4, 0.5) is 13.2 Å². The molecule has 0 saturated heterocycles. The van der Waals surface area contributed by atoms with Crippen molar-refractivity contribution in [1.29, 1.82) is 0 Å². The van der Waals surface area contributed by atoms with Gasteiger partial charge >= 0.3 is 6.18 Å². The van der Waals surface area contributed by atoms with Crippen molar-refractivity contribution in [3.63, 3.8) is 0 Å². The van der Waals surface area contributed by atoms with Gasteiger partial charge in [0.05, 0.1) is 5.76 Å². The van der Waals surface area contributed by atoms with E-state index in [1.165, 1.54) is 0 Å². The number of rotatable bonds is 1. The Morgan fingerprint density at radius 1 is 1.31 bits per heavy atom. The molecule has 0 atom stereocenters. The Kier molecular flexibility index (Phi) is 14.8. The van der Waals surface area contributed by atoms with Gasteiger partial charge in [-0.15, -0.1) is 0 Å². The minimum atomic E-state index is -4.88. The summed E-state index contributed by atoms with van der Waals surface area (Å²) in [5.74, 6) is -2.70. The molecule has 6 heteroatoms. The second-order valence-corrected chi connectivity index (χ2v) is 1.65. The fraction of sp³-hybridized carbons (Fsp3) is 0.286. The fourth-order valence-corrected chi connectivity index (χ4v) is 0.272. The maximum atomic E-state index is 11.3. The molecule has 0 spiro atoms. The average Bonchev–Trinajstić information content (AvgIpc) is 1.60. The molecule has 0 fully saturated rings. The molecule has 0 aliphatic carbocycles. The average molecular weight is 381 g/mol. The molecule has 13 heavy (non-hydrogen) atoms. The second kappa shape index (κ2) is 8.34. The normalized spacial score (nSPS) is 10.3. The van der Waals surface area contributed by atoms with Gasteiger partial charge in [-0.3, -0.25) is 4.79 Å².